The molecule has 1 heteroatoms. The highest BCUT2D eigenvalue weighted by Gasteiger charge is 2.20. The zero-order chi connectivity index (χ0) is 40.0. The lowest BCUT2D eigenvalue weighted by Crippen LogP contribution is -2.10. The monoisotopic (exact) mass is 771 g/mol. The molecule has 0 N–H and O–H groups in total. The molecule has 13 rings (SSSR count). The lowest BCUT2D eigenvalue weighted by Gasteiger charge is -2.28. The molecule has 13 aromatic rings. The Morgan fingerprint density at radius 2 is 0.656 bits per heavy atom. The van der Waals surface area contributed by atoms with E-state index in [0.29, 0.717) is 0 Å². The summed E-state index contributed by atoms with van der Waals surface area (Å²) in [5.74, 6) is 0. The smallest absolute Gasteiger partial charge is 0.0540 e. The third kappa shape index (κ3) is 5.21. The second-order valence-electron chi connectivity index (χ2n) is 16.4. The Morgan fingerprint density at radius 3 is 1.30 bits per heavy atom. The summed E-state index contributed by atoms with van der Waals surface area (Å²) in [4.78, 5) is 2.47. The fourth-order valence-electron chi connectivity index (χ4n) is 10.4. The van der Waals surface area contributed by atoms with Gasteiger partial charge in [-0.05, 0) is 133 Å². The highest BCUT2D eigenvalue weighted by molar-refractivity contribution is 6.37. The quantitative estimate of drug-likeness (QED) is 0.158. The Bertz CT molecular complexity index is 3840. The van der Waals surface area contributed by atoms with Crippen LogP contribution in [0.5, 0.6) is 0 Å². The van der Waals surface area contributed by atoms with Gasteiger partial charge in [0.15, 0.2) is 0 Å². The predicted octanol–water partition coefficient (Wildman–Crippen LogP) is 17.2. The van der Waals surface area contributed by atoms with E-state index in [2.05, 4.69) is 229 Å². The largest absolute Gasteiger partial charge is 0.310 e. The van der Waals surface area contributed by atoms with Gasteiger partial charge in [0.1, 0.15) is 0 Å². The van der Waals surface area contributed by atoms with E-state index in [1.54, 1.807) is 0 Å². The standard InChI is InChI=1S/C60H37N/c1-3-17-49-40(10-1)12-5-19-50(49)42-26-24-38(25-27-42)39-32-34-47(35-33-39)61(56-23-9-13-41-11-2-4-18-51(41)56)48-36-46-31-30-45-15-7-21-53-52-20-6-14-43-28-29-44-16-8-22-54(59(44)57(43)52)55(37-48)60(46)58(45)53/h1-37H. The summed E-state index contributed by atoms with van der Waals surface area (Å²) in [6, 6.07) is 83.3. The van der Waals surface area contributed by atoms with E-state index < -0.39 is 0 Å². The maximum Gasteiger partial charge on any atom is 0.0540 e. The average Bonchev–Trinajstić information content (AvgIpc) is 3.33. The molecule has 0 amide bonds. The Labute approximate surface area is 353 Å². The van der Waals surface area contributed by atoms with Crippen LogP contribution in [0, 0.1) is 0 Å². The van der Waals surface area contributed by atoms with E-state index in [1.165, 1.54) is 108 Å². The first-order valence-electron chi connectivity index (χ1n) is 21.2. The van der Waals surface area contributed by atoms with Crippen LogP contribution in [0.2, 0.25) is 0 Å². The summed E-state index contributed by atoms with van der Waals surface area (Å²) in [6.07, 6.45) is 0. The molecule has 0 aliphatic rings. The van der Waals surface area contributed by atoms with Crippen molar-refractivity contribution in [3.63, 3.8) is 0 Å². The zero-order valence-corrected chi connectivity index (χ0v) is 33.3. The van der Waals surface area contributed by atoms with Gasteiger partial charge in [-0.1, -0.05) is 194 Å². The molecule has 0 atom stereocenters. The van der Waals surface area contributed by atoms with E-state index >= 15 is 0 Å². The number of anilines is 3. The van der Waals surface area contributed by atoms with Gasteiger partial charge in [-0.25, -0.2) is 0 Å². The van der Waals surface area contributed by atoms with Gasteiger partial charge in [-0.15, -0.1) is 0 Å². The second kappa shape index (κ2) is 13.3. The summed E-state index contributed by atoms with van der Waals surface area (Å²) in [5, 5.41) is 20.3. The average molecular weight is 772 g/mol. The van der Waals surface area contributed by atoms with Crippen LogP contribution in [0.1, 0.15) is 0 Å². The van der Waals surface area contributed by atoms with Crippen LogP contribution >= 0.6 is 0 Å². The first kappa shape index (κ1) is 33.9. The van der Waals surface area contributed by atoms with Gasteiger partial charge in [0.2, 0.25) is 0 Å². The fraction of sp³-hybridized carbons (Fsp3) is 0. The molecule has 0 bridgehead atoms. The number of hydrogen-bond donors (Lipinski definition) is 0. The van der Waals surface area contributed by atoms with E-state index in [1.807, 2.05) is 0 Å². The molecule has 1 nitrogen and oxygen atoms in total. The Hall–Kier alpha value is -8.00. The van der Waals surface area contributed by atoms with Crippen molar-refractivity contribution in [2.45, 2.75) is 0 Å². The molecule has 0 radical (unpaired) electrons. The second-order valence-corrected chi connectivity index (χ2v) is 16.4. The molecule has 0 unspecified atom stereocenters. The van der Waals surface area contributed by atoms with Crippen LogP contribution in [-0.4, -0.2) is 0 Å². The molecule has 61 heavy (non-hydrogen) atoms. The Balaban J connectivity index is 1.04. The number of fused-ring (bicyclic) bond motifs is 4. The first-order valence-corrected chi connectivity index (χ1v) is 21.2. The predicted molar refractivity (Wildman–Crippen MR) is 263 cm³/mol. The van der Waals surface area contributed by atoms with E-state index in [4.69, 9.17) is 0 Å². The van der Waals surface area contributed by atoms with Crippen molar-refractivity contribution in [2.24, 2.45) is 0 Å². The lowest BCUT2D eigenvalue weighted by atomic mass is 9.87. The summed E-state index contributed by atoms with van der Waals surface area (Å²) in [7, 11) is 0. The van der Waals surface area contributed by atoms with Crippen LogP contribution in [0.4, 0.5) is 17.1 Å². The molecule has 0 saturated carbocycles. The molecule has 13 aromatic carbocycles. The first-order chi connectivity index (χ1) is 30.2. The van der Waals surface area contributed by atoms with Gasteiger partial charge in [0, 0.05) is 16.8 Å². The van der Waals surface area contributed by atoms with Crippen LogP contribution in [-0.2, 0) is 0 Å². The Morgan fingerprint density at radius 1 is 0.230 bits per heavy atom. The molecule has 0 aromatic heterocycles. The minimum atomic E-state index is 1.11. The van der Waals surface area contributed by atoms with E-state index in [9.17, 15) is 0 Å². The van der Waals surface area contributed by atoms with Crippen molar-refractivity contribution in [3.8, 4) is 22.3 Å². The SMILES string of the molecule is c1ccc2c(-c3ccc(-c4ccc(N(c5cc6ccc7cccc8c9cccc%10ccc%11cccc(c(c5)c6c78)c%11c%109)c5cccc6ccccc56)cc4)cc3)cccc2c1. The summed E-state index contributed by atoms with van der Waals surface area (Å²) >= 11 is 0. The molecular formula is C60H37N. The third-order valence-electron chi connectivity index (χ3n) is 13.1. The van der Waals surface area contributed by atoms with Crippen molar-refractivity contribution in [1.29, 1.82) is 0 Å². The van der Waals surface area contributed by atoms with Crippen molar-refractivity contribution >= 4 is 103 Å². The molecule has 282 valence electrons. The van der Waals surface area contributed by atoms with Gasteiger partial charge in [-0.3, -0.25) is 0 Å². The highest BCUT2D eigenvalue weighted by Crippen LogP contribution is 2.47. The minimum Gasteiger partial charge on any atom is -0.310 e. The molecule has 0 aliphatic heterocycles. The lowest BCUT2D eigenvalue weighted by molar-refractivity contribution is 1.31. The molecule has 0 spiro atoms. The molecule has 0 fully saturated rings. The van der Waals surface area contributed by atoms with E-state index in [0.717, 1.165) is 17.1 Å². The molecule has 0 aliphatic carbocycles. The normalized spacial score (nSPS) is 11.9. The van der Waals surface area contributed by atoms with Crippen molar-refractivity contribution < 1.29 is 0 Å². The van der Waals surface area contributed by atoms with Gasteiger partial charge < -0.3 is 4.90 Å². The van der Waals surface area contributed by atoms with E-state index in [-0.39, 0.29) is 0 Å². The van der Waals surface area contributed by atoms with Crippen LogP contribution in [0.3, 0.4) is 0 Å². The number of rotatable bonds is 5. The maximum atomic E-state index is 2.47. The summed E-state index contributed by atoms with van der Waals surface area (Å²) < 4.78 is 0. The van der Waals surface area contributed by atoms with Crippen LogP contribution in [0.15, 0.2) is 224 Å². The zero-order valence-electron chi connectivity index (χ0n) is 33.3. The molecule has 0 heterocycles. The minimum absolute atomic E-state index is 1.11. The summed E-state index contributed by atoms with van der Waals surface area (Å²) in [5.41, 5.74) is 8.24. The number of nitrogens with zero attached hydrogens (tertiary/aromatic N) is 1. The maximum absolute atomic E-state index is 2.47. The van der Waals surface area contributed by atoms with Crippen LogP contribution in [0.25, 0.3) is 108 Å². The molecular weight excluding hydrogens is 735 g/mol. The summed E-state index contributed by atoms with van der Waals surface area (Å²) in [6.45, 7) is 0. The van der Waals surface area contributed by atoms with Crippen LogP contribution < -0.4 is 4.90 Å². The van der Waals surface area contributed by atoms with Crippen molar-refractivity contribution in [2.75, 3.05) is 4.90 Å². The van der Waals surface area contributed by atoms with Crippen molar-refractivity contribution in [1.82, 2.24) is 0 Å². The van der Waals surface area contributed by atoms with Gasteiger partial charge in [-0.2, -0.15) is 0 Å². The molecule has 0 saturated heterocycles. The topological polar surface area (TPSA) is 3.24 Å². The van der Waals surface area contributed by atoms with Gasteiger partial charge in [0.05, 0.1) is 5.69 Å². The Kier molecular flexibility index (Phi) is 7.37. The number of benzene rings is 12. The highest BCUT2D eigenvalue weighted by atomic mass is 15.1. The third-order valence-corrected chi connectivity index (χ3v) is 13.1. The fourth-order valence-corrected chi connectivity index (χ4v) is 10.4. The van der Waals surface area contributed by atoms with Crippen molar-refractivity contribution in [3.05, 3.63) is 224 Å². The number of hydrogen-bond acceptors (Lipinski definition) is 1. The van der Waals surface area contributed by atoms with Gasteiger partial charge >= 0.3 is 0 Å². The van der Waals surface area contributed by atoms with Gasteiger partial charge in [0.25, 0.3) is 0 Å².